The molecule has 0 aliphatic rings. The molecule has 2 N–H and O–H groups in total. The summed E-state index contributed by atoms with van der Waals surface area (Å²) in [7, 11) is 0. The number of carbonyl (C=O) groups is 2. The van der Waals surface area contributed by atoms with E-state index >= 15 is 0 Å². The number of hydrogen-bond donors (Lipinski definition) is 2. The molecular formula is C19H17N5O2. The summed E-state index contributed by atoms with van der Waals surface area (Å²) in [5.74, 6) is -0.413. The second-order valence-electron chi connectivity index (χ2n) is 5.35. The Hall–Kier alpha value is -3.74. The Morgan fingerprint density at radius 3 is 2.19 bits per heavy atom. The number of nitrogens with one attached hydrogen (secondary N) is 2. The van der Waals surface area contributed by atoms with Gasteiger partial charge in [0.05, 0.1) is 0 Å². The van der Waals surface area contributed by atoms with E-state index in [-0.39, 0.29) is 24.1 Å². The summed E-state index contributed by atoms with van der Waals surface area (Å²) in [5.41, 5.74) is 1.40. The van der Waals surface area contributed by atoms with Crippen molar-refractivity contribution in [3.8, 4) is 0 Å². The maximum absolute atomic E-state index is 12.3. The van der Waals surface area contributed by atoms with Crippen molar-refractivity contribution in [3.63, 3.8) is 0 Å². The summed E-state index contributed by atoms with van der Waals surface area (Å²) < 4.78 is 1.33. The molecule has 1 heterocycles. The van der Waals surface area contributed by atoms with E-state index in [1.54, 1.807) is 18.2 Å². The Bertz CT molecular complexity index is 904. The molecule has 2 aromatic carbocycles. The van der Waals surface area contributed by atoms with Crippen LogP contribution in [0, 0.1) is 0 Å². The third-order valence-corrected chi connectivity index (χ3v) is 3.42. The van der Waals surface area contributed by atoms with Crippen molar-refractivity contribution in [3.05, 3.63) is 78.9 Å². The van der Waals surface area contributed by atoms with Crippen molar-refractivity contribution in [1.82, 2.24) is 14.8 Å². The van der Waals surface area contributed by atoms with Gasteiger partial charge in [-0.2, -0.15) is 5.10 Å². The highest BCUT2D eigenvalue weighted by atomic mass is 16.2. The van der Waals surface area contributed by atoms with Crippen LogP contribution < -0.4 is 10.6 Å². The fourth-order valence-corrected chi connectivity index (χ4v) is 2.22. The van der Waals surface area contributed by atoms with Crippen molar-refractivity contribution in [1.29, 1.82) is 0 Å². The van der Waals surface area contributed by atoms with Gasteiger partial charge in [0.2, 0.25) is 11.7 Å². The summed E-state index contributed by atoms with van der Waals surface area (Å²) in [5, 5.41) is 9.50. The molecule has 7 heteroatoms. The molecule has 0 fully saturated rings. The summed E-state index contributed by atoms with van der Waals surface area (Å²) in [4.78, 5) is 28.2. The third-order valence-electron chi connectivity index (χ3n) is 3.42. The quantitative estimate of drug-likeness (QED) is 0.717. The van der Waals surface area contributed by atoms with E-state index in [1.165, 1.54) is 17.2 Å². The Kier molecular flexibility index (Phi) is 5.51. The highest BCUT2D eigenvalue weighted by Gasteiger charge is 2.12. The smallest absolute Gasteiger partial charge is 0.293 e. The molecule has 2 amide bonds. The van der Waals surface area contributed by atoms with Gasteiger partial charge >= 0.3 is 0 Å². The lowest BCUT2D eigenvalue weighted by atomic mass is 10.3. The predicted octanol–water partition coefficient (Wildman–Crippen LogP) is 3.03. The van der Waals surface area contributed by atoms with Gasteiger partial charge in [-0.15, -0.1) is 0 Å². The highest BCUT2D eigenvalue weighted by molar-refractivity contribution is 6.02. The Morgan fingerprint density at radius 1 is 0.923 bits per heavy atom. The number of anilines is 2. The van der Waals surface area contributed by atoms with Gasteiger partial charge in [0.25, 0.3) is 5.91 Å². The second-order valence-corrected chi connectivity index (χ2v) is 5.35. The van der Waals surface area contributed by atoms with E-state index in [1.807, 2.05) is 48.5 Å². The summed E-state index contributed by atoms with van der Waals surface area (Å²) >= 11 is 0. The number of rotatable bonds is 6. The second kappa shape index (κ2) is 8.39. The van der Waals surface area contributed by atoms with Gasteiger partial charge in [0.1, 0.15) is 6.33 Å². The van der Waals surface area contributed by atoms with Crippen molar-refractivity contribution in [2.75, 3.05) is 10.6 Å². The number of para-hydroxylation sites is 2. The molecular weight excluding hydrogens is 330 g/mol. The van der Waals surface area contributed by atoms with E-state index in [0.717, 1.165) is 5.69 Å². The van der Waals surface area contributed by atoms with Crippen LogP contribution in [-0.4, -0.2) is 26.6 Å². The van der Waals surface area contributed by atoms with Crippen LogP contribution in [0.1, 0.15) is 17.0 Å². The molecule has 0 unspecified atom stereocenters. The molecule has 0 saturated carbocycles. The fourth-order valence-electron chi connectivity index (χ4n) is 2.22. The van der Waals surface area contributed by atoms with Crippen LogP contribution in [-0.2, 0) is 4.79 Å². The predicted molar refractivity (Wildman–Crippen MR) is 99.4 cm³/mol. The van der Waals surface area contributed by atoms with E-state index in [0.29, 0.717) is 5.69 Å². The first kappa shape index (κ1) is 17.1. The molecule has 0 aliphatic carbocycles. The molecule has 0 aliphatic heterocycles. The molecule has 0 saturated heterocycles. The van der Waals surface area contributed by atoms with E-state index in [4.69, 9.17) is 0 Å². The van der Waals surface area contributed by atoms with Crippen molar-refractivity contribution < 1.29 is 9.59 Å². The average Bonchev–Trinajstić information content (AvgIpc) is 3.12. The molecule has 7 nitrogen and oxygen atoms in total. The average molecular weight is 347 g/mol. The Labute approximate surface area is 150 Å². The molecule has 26 heavy (non-hydrogen) atoms. The minimum Gasteiger partial charge on any atom is -0.326 e. The first-order valence-electron chi connectivity index (χ1n) is 8.00. The first-order valence-corrected chi connectivity index (χ1v) is 8.00. The molecule has 130 valence electrons. The Balaban J connectivity index is 1.59. The van der Waals surface area contributed by atoms with Crippen LogP contribution in [0.3, 0.4) is 0 Å². The normalized spacial score (nSPS) is 10.6. The molecule has 1 aromatic heterocycles. The fraction of sp³-hybridized carbons (Fsp3) is 0.0526. The zero-order valence-electron chi connectivity index (χ0n) is 13.9. The van der Waals surface area contributed by atoms with Gasteiger partial charge in [-0.3, -0.25) is 9.59 Å². The van der Waals surface area contributed by atoms with Crippen molar-refractivity contribution in [2.24, 2.45) is 0 Å². The minimum atomic E-state index is -0.382. The number of carbonyl (C=O) groups excluding carboxylic acids is 2. The maximum atomic E-state index is 12.3. The zero-order valence-corrected chi connectivity index (χ0v) is 13.9. The van der Waals surface area contributed by atoms with Gasteiger partial charge in [-0.1, -0.05) is 42.5 Å². The van der Waals surface area contributed by atoms with Crippen molar-refractivity contribution in [2.45, 2.75) is 6.42 Å². The van der Waals surface area contributed by atoms with Gasteiger partial charge < -0.3 is 10.6 Å². The summed E-state index contributed by atoms with van der Waals surface area (Å²) in [6, 6.07) is 18.3. The summed E-state index contributed by atoms with van der Waals surface area (Å²) in [6.07, 6.45) is 4.59. The van der Waals surface area contributed by atoms with Crippen LogP contribution in [0.4, 0.5) is 11.4 Å². The Morgan fingerprint density at radius 2 is 1.54 bits per heavy atom. The van der Waals surface area contributed by atoms with Crippen LogP contribution in [0.25, 0.3) is 6.20 Å². The maximum Gasteiger partial charge on any atom is 0.293 e. The SMILES string of the molecule is O=C(C/C=C/n1ncnc1C(=O)Nc1ccccc1)Nc1ccccc1. The van der Waals surface area contributed by atoms with E-state index in [2.05, 4.69) is 20.7 Å². The third kappa shape index (κ3) is 4.64. The molecule has 3 aromatic rings. The lowest BCUT2D eigenvalue weighted by Gasteiger charge is -2.04. The number of aromatic nitrogens is 3. The monoisotopic (exact) mass is 347 g/mol. The molecule has 0 bridgehead atoms. The van der Waals surface area contributed by atoms with Crippen LogP contribution in [0.15, 0.2) is 73.1 Å². The van der Waals surface area contributed by atoms with Gasteiger partial charge in [-0.05, 0) is 24.3 Å². The van der Waals surface area contributed by atoms with Gasteiger partial charge in [-0.25, -0.2) is 9.67 Å². The topological polar surface area (TPSA) is 88.9 Å². The van der Waals surface area contributed by atoms with E-state index < -0.39 is 0 Å². The lowest BCUT2D eigenvalue weighted by Crippen LogP contribution is -2.17. The van der Waals surface area contributed by atoms with Crippen LogP contribution >= 0.6 is 0 Å². The van der Waals surface area contributed by atoms with Gasteiger partial charge in [0, 0.05) is 24.0 Å². The number of benzene rings is 2. The van der Waals surface area contributed by atoms with Crippen molar-refractivity contribution >= 4 is 29.4 Å². The number of hydrogen-bond acceptors (Lipinski definition) is 4. The molecule has 0 radical (unpaired) electrons. The highest BCUT2D eigenvalue weighted by Crippen LogP contribution is 2.08. The lowest BCUT2D eigenvalue weighted by molar-refractivity contribution is -0.115. The van der Waals surface area contributed by atoms with E-state index in [9.17, 15) is 9.59 Å². The molecule has 0 spiro atoms. The minimum absolute atomic E-state index is 0.133. The summed E-state index contributed by atoms with van der Waals surface area (Å²) in [6.45, 7) is 0. The van der Waals surface area contributed by atoms with Crippen LogP contribution in [0.5, 0.6) is 0 Å². The molecule has 0 atom stereocenters. The molecule has 3 rings (SSSR count). The van der Waals surface area contributed by atoms with Gasteiger partial charge in [0.15, 0.2) is 0 Å². The van der Waals surface area contributed by atoms with Crippen LogP contribution in [0.2, 0.25) is 0 Å². The largest absolute Gasteiger partial charge is 0.326 e. The standard InChI is InChI=1S/C19H17N5O2/c25-17(22-15-8-3-1-4-9-15)12-7-13-24-18(20-14-21-24)19(26)23-16-10-5-2-6-11-16/h1-11,13-14H,12H2,(H,22,25)(H,23,26)/b13-7+. The first-order chi connectivity index (χ1) is 12.7. The number of nitrogens with zero attached hydrogens (tertiary/aromatic N) is 3. The zero-order chi connectivity index (χ0) is 18.2. The number of amides is 2.